The van der Waals surface area contributed by atoms with Gasteiger partial charge in [0.25, 0.3) is 0 Å². The summed E-state index contributed by atoms with van der Waals surface area (Å²) < 4.78 is 0. The minimum absolute atomic E-state index is 0.414. The Hall–Kier alpha value is -0.430. The molecule has 0 amide bonds. The average molecular weight is 174 g/mol. The lowest BCUT2D eigenvalue weighted by molar-refractivity contribution is 0.977. The van der Waals surface area contributed by atoms with Crippen molar-refractivity contribution in [2.75, 3.05) is 5.88 Å². The molecule has 0 unspecified atom stereocenters. The zero-order chi connectivity index (χ0) is 8.69. The quantitative estimate of drug-likeness (QED) is 0.514. The Morgan fingerprint density at radius 3 is 2.18 bits per heavy atom. The molecule has 0 atom stereocenters. The van der Waals surface area contributed by atoms with Crippen LogP contribution >= 0.6 is 11.6 Å². The van der Waals surface area contributed by atoms with Gasteiger partial charge in [0.1, 0.15) is 0 Å². The van der Waals surface area contributed by atoms with Crippen LogP contribution in [0.4, 0.5) is 0 Å². The second-order valence-corrected chi connectivity index (χ2v) is 2.67. The Morgan fingerprint density at radius 1 is 1.27 bits per heavy atom. The van der Waals surface area contributed by atoms with Crippen molar-refractivity contribution in [1.29, 1.82) is 0 Å². The van der Waals surface area contributed by atoms with Gasteiger partial charge in [-0.15, -0.1) is 11.6 Å². The number of hydrogen-bond acceptors (Lipinski definition) is 1. The number of alkyl halides is 1. The Kier molecular flexibility index (Phi) is 6.05. The van der Waals surface area contributed by atoms with Gasteiger partial charge >= 0.3 is 0 Å². The highest BCUT2D eigenvalue weighted by Crippen LogP contribution is 2.05. The zero-order valence-electron chi connectivity index (χ0n) is 7.23. The molecule has 1 nitrogen and oxygen atoms in total. The largest absolute Gasteiger partial charge is 0.401 e. The molecule has 64 valence electrons. The van der Waals surface area contributed by atoms with E-state index in [1.807, 2.05) is 6.08 Å². The van der Waals surface area contributed by atoms with Crippen LogP contribution in [0.2, 0.25) is 0 Å². The van der Waals surface area contributed by atoms with Crippen molar-refractivity contribution in [3.05, 3.63) is 23.4 Å². The Bertz CT molecular complexity index is 153. The maximum Gasteiger partial charge on any atom is 0.0619 e. The average Bonchev–Trinajstić information content (AvgIpc) is 2.06. The highest BCUT2D eigenvalue weighted by atomic mass is 35.5. The van der Waals surface area contributed by atoms with Crippen molar-refractivity contribution >= 4 is 11.6 Å². The third-order valence-electron chi connectivity index (χ3n) is 1.60. The summed E-state index contributed by atoms with van der Waals surface area (Å²) in [5.74, 6) is 0.414. The van der Waals surface area contributed by atoms with Gasteiger partial charge in [0.15, 0.2) is 0 Å². The standard InChI is InChI=1S/C9H16ClN/c1-3-8(4-2)5-6-9(11)7-10/h5-6H,3-4,7,11H2,1-2H3/b9-6+. The first-order chi connectivity index (χ1) is 5.24. The van der Waals surface area contributed by atoms with Crippen molar-refractivity contribution in [1.82, 2.24) is 0 Å². The highest BCUT2D eigenvalue weighted by molar-refractivity contribution is 6.19. The molecule has 0 aromatic carbocycles. The molecule has 0 spiro atoms. The van der Waals surface area contributed by atoms with Gasteiger partial charge in [0.05, 0.1) is 5.88 Å². The Balaban J connectivity index is 4.06. The predicted octanol–water partition coefficient (Wildman–Crippen LogP) is 2.81. The van der Waals surface area contributed by atoms with Crippen molar-refractivity contribution in [2.45, 2.75) is 26.7 Å². The number of halogens is 1. The Labute approximate surface area is 73.9 Å². The molecule has 0 bridgehead atoms. The van der Waals surface area contributed by atoms with Crippen LogP contribution in [-0.4, -0.2) is 5.88 Å². The van der Waals surface area contributed by atoms with E-state index in [2.05, 4.69) is 19.9 Å². The number of nitrogens with two attached hydrogens (primary N) is 1. The molecule has 2 N–H and O–H groups in total. The van der Waals surface area contributed by atoms with Gasteiger partial charge in [0.2, 0.25) is 0 Å². The molecular formula is C9H16ClN. The molecule has 0 aliphatic heterocycles. The molecule has 0 aliphatic carbocycles. The molecule has 0 radical (unpaired) electrons. The summed E-state index contributed by atoms with van der Waals surface area (Å²) in [4.78, 5) is 0. The minimum atomic E-state index is 0.414. The topological polar surface area (TPSA) is 26.0 Å². The van der Waals surface area contributed by atoms with Crippen LogP contribution in [0.15, 0.2) is 23.4 Å². The molecule has 2 heteroatoms. The number of allylic oxidation sites excluding steroid dienone is 4. The summed E-state index contributed by atoms with van der Waals surface area (Å²) in [6.07, 6.45) is 6.11. The van der Waals surface area contributed by atoms with Gasteiger partial charge in [-0.05, 0) is 18.9 Å². The van der Waals surface area contributed by atoms with Crippen molar-refractivity contribution in [3.8, 4) is 0 Å². The van der Waals surface area contributed by atoms with Gasteiger partial charge < -0.3 is 5.73 Å². The van der Waals surface area contributed by atoms with Crippen LogP contribution < -0.4 is 5.73 Å². The molecule has 0 rings (SSSR count). The fourth-order valence-electron chi connectivity index (χ4n) is 0.755. The molecule has 0 aliphatic rings. The first kappa shape index (κ1) is 10.6. The van der Waals surface area contributed by atoms with Gasteiger partial charge in [0, 0.05) is 5.70 Å². The zero-order valence-corrected chi connectivity index (χ0v) is 7.99. The fourth-order valence-corrected chi connectivity index (χ4v) is 0.844. The molecule has 11 heavy (non-hydrogen) atoms. The summed E-state index contributed by atoms with van der Waals surface area (Å²) in [7, 11) is 0. The normalized spacial score (nSPS) is 11.4. The van der Waals surface area contributed by atoms with Crippen LogP contribution in [0.3, 0.4) is 0 Å². The molecule has 0 fully saturated rings. The first-order valence-corrected chi connectivity index (χ1v) is 4.48. The monoisotopic (exact) mass is 173 g/mol. The van der Waals surface area contributed by atoms with Crippen LogP contribution in [0.1, 0.15) is 26.7 Å². The fraction of sp³-hybridized carbons (Fsp3) is 0.556. The van der Waals surface area contributed by atoms with E-state index in [4.69, 9.17) is 17.3 Å². The summed E-state index contributed by atoms with van der Waals surface area (Å²) in [5, 5.41) is 0. The van der Waals surface area contributed by atoms with Crippen LogP contribution in [-0.2, 0) is 0 Å². The van der Waals surface area contributed by atoms with Crippen molar-refractivity contribution < 1.29 is 0 Å². The van der Waals surface area contributed by atoms with Crippen molar-refractivity contribution in [3.63, 3.8) is 0 Å². The summed E-state index contributed by atoms with van der Waals surface area (Å²) >= 11 is 5.50. The molecule has 0 aromatic heterocycles. The SMILES string of the molecule is CCC(=C/C=C(/N)CCl)CC. The van der Waals surface area contributed by atoms with Gasteiger partial charge in [-0.1, -0.05) is 25.5 Å². The van der Waals surface area contributed by atoms with Gasteiger partial charge in [-0.2, -0.15) is 0 Å². The predicted molar refractivity (Wildman–Crippen MR) is 51.7 cm³/mol. The van der Waals surface area contributed by atoms with E-state index in [-0.39, 0.29) is 0 Å². The highest BCUT2D eigenvalue weighted by Gasteiger charge is 1.87. The summed E-state index contributed by atoms with van der Waals surface area (Å²) in [6, 6.07) is 0. The third-order valence-corrected chi connectivity index (χ3v) is 1.90. The van der Waals surface area contributed by atoms with E-state index < -0.39 is 0 Å². The molecule has 0 aromatic rings. The second-order valence-electron chi connectivity index (χ2n) is 2.41. The van der Waals surface area contributed by atoms with E-state index >= 15 is 0 Å². The lowest BCUT2D eigenvalue weighted by atomic mass is 10.1. The maximum atomic E-state index is 5.52. The van der Waals surface area contributed by atoms with Crippen LogP contribution in [0.25, 0.3) is 0 Å². The van der Waals surface area contributed by atoms with Crippen molar-refractivity contribution in [2.24, 2.45) is 5.73 Å². The van der Waals surface area contributed by atoms with E-state index in [1.165, 1.54) is 5.57 Å². The maximum absolute atomic E-state index is 5.52. The smallest absolute Gasteiger partial charge is 0.0619 e. The van der Waals surface area contributed by atoms with Crippen LogP contribution in [0.5, 0.6) is 0 Å². The first-order valence-electron chi connectivity index (χ1n) is 3.94. The van der Waals surface area contributed by atoms with E-state index in [0.717, 1.165) is 18.5 Å². The lowest BCUT2D eigenvalue weighted by Crippen LogP contribution is -1.96. The van der Waals surface area contributed by atoms with E-state index in [9.17, 15) is 0 Å². The third kappa shape index (κ3) is 4.91. The van der Waals surface area contributed by atoms with Gasteiger partial charge in [-0.3, -0.25) is 0 Å². The summed E-state index contributed by atoms with van der Waals surface area (Å²) in [5.41, 5.74) is 7.64. The van der Waals surface area contributed by atoms with Crippen LogP contribution in [0, 0.1) is 0 Å². The second kappa shape index (κ2) is 6.29. The Morgan fingerprint density at radius 2 is 1.82 bits per heavy atom. The van der Waals surface area contributed by atoms with E-state index in [0.29, 0.717) is 5.88 Å². The summed E-state index contributed by atoms with van der Waals surface area (Å²) in [6.45, 7) is 4.28. The number of hydrogen-bond donors (Lipinski definition) is 1. The molecule has 0 saturated carbocycles. The molecular weight excluding hydrogens is 158 g/mol. The molecule has 0 saturated heterocycles. The van der Waals surface area contributed by atoms with E-state index in [1.54, 1.807) is 0 Å². The minimum Gasteiger partial charge on any atom is -0.401 e. The van der Waals surface area contributed by atoms with Gasteiger partial charge in [-0.25, -0.2) is 0 Å². The number of rotatable bonds is 4. The molecule has 0 heterocycles. The lowest BCUT2D eigenvalue weighted by Gasteiger charge is -1.96.